The number of amides is 1. The number of ether oxygens (including phenoxy) is 1. The predicted molar refractivity (Wildman–Crippen MR) is 113 cm³/mol. The van der Waals surface area contributed by atoms with Gasteiger partial charge in [0.15, 0.2) is 5.16 Å². The number of rotatable bonds is 7. The summed E-state index contributed by atoms with van der Waals surface area (Å²) in [6, 6.07) is 5.78. The van der Waals surface area contributed by atoms with Crippen molar-refractivity contribution < 1.29 is 9.53 Å². The minimum absolute atomic E-state index is 0.0722. The zero-order valence-corrected chi connectivity index (χ0v) is 17.7. The molecule has 2 aromatic heterocycles. The van der Waals surface area contributed by atoms with Gasteiger partial charge in [0, 0.05) is 25.0 Å². The van der Waals surface area contributed by atoms with Crippen molar-refractivity contribution >= 4 is 39.6 Å². The minimum atomic E-state index is -0.0868. The summed E-state index contributed by atoms with van der Waals surface area (Å²) in [6.45, 7) is 6.41. The monoisotopic (exact) mass is 402 g/mol. The van der Waals surface area contributed by atoms with Crippen LogP contribution < -0.4 is 15.6 Å². The summed E-state index contributed by atoms with van der Waals surface area (Å²) in [6.07, 6.45) is 0.802. The zero-order chi connectivity index (χ0) is 20.4. The first-order valence-corrected chi connectivity index (χ1v) is 10.3. The van der Waals surface area contributed by atoms with Crippen LogP contribution in [0, 0.1) is 0 Å². The molecule has 1 aromatic carbocycles. The highest BCUT2D eigenvalue weighted by molar-refractivity contribution is 7.99. The van der Waals surface area contributed by atoms with E-state index in [-0.39, 0.29) is 23.3 Å². The average Bonchev–Trinajstić information content (AvgIpc) is 2.94. The van der Waals surface area contributed by atoms with E-state index in [1.165, 1.54) is 11.8 Å². The number of benzene rings is 1. The van der Waals surface area contributed by atoms with Crippen LogP contribution in [0.25, 0.3) is 21.9 Å². The quantitative estimate of drug-likeness (QED) is 0.486. The van der Waals surface area contributed by atoms with E-state index >= 15 is 0 Å². The zero-order valence-electron chi connectivity index (χ0n) is 16.9. The van der Waals surface area contributed by atoms with Crippen molar-refractivity contribution in [3.63, 3.8) is 0 Å². The lowest BCUT2D eigenvalue weighted by Gasteiger charge is -2.12. The molecule has 0 spiro atoms. The van der Waals surface area contributed by atoms with Crippen molar-refractivity contribution in [2.75, 3.05) is 12.9 Å². The van der Waals surface area contributed by atoms with E-state index in [0.717, 1.165) is 17.3 Å². The molecule has 0 saturated carbocycles. The molecular formula is C20H26N4O3S. The van der Waals surface area contributed by atoms with Gasteiger partial charge in [0.05, 0.1) is 18.4 Å². The van der Waals surface area contributed by atoms with Gasteiger partial charge in [-0.2, -0.15) is 0 Å². The minimum Gasteiger partial charge on any atom is -0.497 e. The molecule has 1 amide bonds. The average molecular weight is 403 g/mol. The second kappa shape index (κ2) is 8.26. The maximum atomic E-state index is 13.3. The molecule has 3 rings (SSSR count). The highest BCUT2D eigenvalue weighted by atomic mass is 32.2. The van der Waals surface area contributed by atoms with Crippen LogP contribution in [-0.4, -0.2) is 38.9 Å². The summed E-state index contributed by atoms with van der Waals surface area (Å²) < 4.78 is 8.89. The molecule has 0 aliphatic heterocycles. The van der Waals surface area contributed by atoms with E-state index in [1.807, 2.05) is 50.6 Å². The van der Waals surface area contributed by atoms with Crippen LogP contribution in [0.2, 0.25) is 0 Å². The molecule has 3 aromatic rings. The van der Waals surface area contributed by atoms with Crippen LogP contribution in [0.15, 0.2) is 28.2 Å². The van der Waals surface area contributed by atoms with Crippen LogP contribution in [0.4, 0.5) is 0 Å². The standard InChI is InChI=1S/C20H26N4O3S/c1-6-9-24-19(26)18-17(22-20(24)28-11-16(25)21-12(2)3)14-10-13(27-5)7-8-15(14)23(18)4/h7-8,10,12H,6,9,11H2,1-5H3,(H,21,25). The first-order valence-electron chi connectivity index (χ1n) is 9.36. The van der Waals surface area contributed by atoms with Crippen LogP contribution in [0.5, 0.6) is 5.75 Å². The number of thioether (sulfide) groups is 1. The molecule has 0 aliphatic rings. The van der Waals surface area contributed by atoms with Crippen LogP contribution in [0.1, 0.15) is 27.2 Å². The van der Waals surface area contributed by atoms with E-state index < -0.39 is 0 Å². The summed E-state index contributed by atoms with van der Waals surface area (Å²) in [5, 5.41) is 4.30. The number of carbonyl (C=O) groups excluding carboxylic acids is 1. The highest BCUT2D eigenvalue weighted by Crippen LogP contribution is 2.30. The number of nitrogens with one attached hydrogen (secondary N) is 1. The lowest BCUT2D eigenvalue weighted by molar-refractivity contribution is -0.119. The lowest BCUT2D eigenvalue weighted by atomic mass is 10.2. The highest BCUT2D eigenvalue weighted by Gasteiger charge is 2.19. The summed E-state index contributed by atoms with van der Waals surface area (Å²) in [5.41, 5.74) is 2.03. The Kier molecular flexibility index (Phi) is 5.98. The van der Waals surface area contributed by atoms with Gasteiger partial charge in [-0.3, -0.25) is 14.2 Å². The van der Waals surface area contributed by atoms with Gasteiger partial charge < -0.3 is 14.6 Å². The maximum Gasteiger partial charge on any atom is 0.278 e. The Morgan fingerprint density at radius 1 is 1.36 bits per heavy atom. The Balaban J connectivity index is 2.16. The van der Waals surface area contributed by atoms with Crippen LogP contribution in [0.3, 0.4) is 0 Å². The van der Waals surface area contributed by atoms with E-state index in [2.05, 4.69) is 5.32 Å². The number of carbonyl (C=O) groups is 1. The molecular weight excluding hydrogens is 376 g/mol. The Morgan fingerprint density at radius 3 is 2.75 bits per heavy atom. The summed E-state index contributed by atoms with van der Waals surface area (Å²) in [5.74, 6) is 0.857. The second-order valence-corrected chi connectivity index (χ2v) is 7.94. The third-order valence-electron chi connectivity index (χ3n) is 4.50. The number of hydrogen-bond donors (Lipinski definition) is 1. The number of fused-ring (bicyclic) bond motifs is 3. The molecule has 0 saturated heterocycles. The first kappa shape index (κ1) is 20.3. The molecule has 2 heterocycles. The molecule has 28 heavy (non-hydrogen) atoms. The fourth-order valence-corrected chi connectivity index (χ4v) is 4.11. The SMILES string of the molecule is CCCn1c(SCC(=O)NC(C)C)nc2c3cc(OC)ccc3n(C)c2c1=O. The van der Waals surface area contributed by atoms with E-state index in [4.69, 9.17) is 9.72 Å². The van der Waals surface area contributed by atoms with Gasteiger partial charge in [0.1, 0.15) is 16.8 Å². The normalized spacial score (nSPS) is 11.5. The predicted octanol–water partition coefficient (Wildman–Crippen LogP) is 2.92. The third-order valence-corrected chi connectivity index (χ3v) is 5.47. The Hall–Kier alpha value is -2.48. The summed E-state index contributed by atoms with van der Waals surface area (Å²) in [4.78, 5) is 30.1. The van der Waals surface area contributed by atoms with Crippen molar-refractivity contribution in [1.82, 2.24) is 19.4 Å². The van der Waals surface area contributed by atoms with Gasteiger partial charge in [-0.25, -0.2) is 4.98 Å². The maximum absolute atomic E-state index is 13.3. The van der Waals surface area contributed by atoms with E-state index in [1.54, 1.807) is 11.7 Å². The molecule has 0 atom stereocenters. The van der Waals surface area contributed by atoms with Gasteiger partial charge in [-0.05, 0) is 38.5 Å². The van der Waals surface area contributed by atoms with Crippen LogP contribution in [-0.2, 0) is 18.4 Å². The van der Waals surface area contributed by atoms with Crippen molar-refractivity contribution in [2.24, 2.45) is 7.05 Å². The van der Waals surface area contributed by atoms with Crippen LogP contribution >= 0.6 is 11.8 Å². The Bertz CT molecular complexity index is 1080. The number of aryl methyl sites for hydroxylation is 1. The molecule has 0 bridgehead atoms. The van der Waals surface area contributed by atoms with Gasteiger partial charge in [0.2, 0.25) is 5.91 Å². The number of nitrogens with zero attached hydrogens (tertiary/aromatic N) is 3. The lowest BCUT2D eigenvalue weighted by Crippen LogP contribution is -2.32. The molecule has 150 valence electrons. The molecule has 8 heteroatoms. The topological polar surface area (TPSA) is 78.2 Å². The molecule has 0 fully saturated rings. The van der Waals surface area contributed by atoms with Crippen molar-refractivity contribution in [2.45, 2.75) is 44.9 Å². The van der Waals surface area contributed by atoms with E-state index in [9.17, 15) is 9.59 Å². The number of methoxy groups -OCH3 is 1. The first-order chi connectivity index (χ1) is 13.4. The fraction of sp³-hybridized carbons (Fsp3) is 0.450. The Labute approximate surface area is 168 Å². The summed E-state index contributed by atoms with van der Waals surface area (Å²) >= 11 is 1.29. The van der Waals surface area contributed by atoms with Gasteiger partial charge in [0.25, 0.3) is 5.56 Å². The third kappa shape index (κ3) is 3.73. The molecule has 0 aliphatic carbocycles. The van der Waals surface area contributed by atoms with Gasteiger partial charge >= 0.3 is 0 Å². The van der Waals surface area contributed by atoms with Crippen molar-refractivity contribution in [3.05, 3.63) is 28.6 Å². The molecule has 0 radical (unpaired) electrons. The second-order valence-electron chi connectivity index (χ2n) is 7.00. The van der Waals surface area contributed by atoms with E-state index in [0.29, 0.717) is 28.5 Å². The number of aromatic nitrogens is 3. The fourth-order valence-electron chi connectivity index (χ4n) is 3.28. The molecule has 1 N–H and O–H groups in total. The van der Waals surface area contributed by atoms with Gasteiger partial charge in [-0.15, -0.1) is 0 Å². The molecule has 0 unspecified atom stereocenters. The van der Waals surface area contributed by atoms with Gasteiger partial charge in [-0.1, -0.05) is 18.7 Å². The largest absolute Gasteiger partial charge is 0.497 e. The smallest absolute Gasteiger partial charge is 0.278 e. The van der Waals surface area contributed by atoms with Crippen molar-refractivity contribution in [1.29, 1.82) is 0 Å². The summed E-state index contributed by atoms with van der Waals surface area (Å²) in [7, 11) is 3.49. The van der Waals surface area contributed by atoms with Crippen molar-refractivity contribution in [3.8, 4) is 5.75 Å². The Morgan fingerprint density at radius 2 is 2.11 bits per heavy atom. The number of hydrogen-bond acceptors (Lipinski definition) is 5. The molecule has 7 nitrogen and oxygen atoms in total.